The van der Waals surface area contributed by atoms with E-state index in [-0.39, 0.29) is 41.4 Å². The van der Waals surface area contributed by atoms with Gasteiger partial charge in [-0.1, -0.05) is 38.1 Å². The van der Waals surface area contributed by atoms with E-state index in [1.807, 2.05) is 50.3 Å². The van der Waals surface area contributed by atoms with Crippen LogP contribution < -0.4 is 24.8 Å². The van der Waals surface area contributed by atoms with Gasteiger partial charge in [-0.25, -0.2) is 13.2 Å². The van der Waals surface area contributed by atoms with E-state index >= 15 is 0 Å². The number of benzene rings is 1. The number of carbonyl (C=O) groups is 4. The van der Waals surface area contributed by atoms with Crippen LogP contribution in [0.5, 0.6) is 11.8 Å². The van der Waals surface area contributed by atoms with Crippen LogP contribution in [0.15, 0.2) is 36.4 Å². The molecule has 0 radical (unpaired) electrons. The molecule has 3 N–H and O–H groups in total. The third-order valence-electron chi connectivity index (χ3n) is 10.5. The van der Waals surface area contributed by atoms with E-state index in [0.717, 1.165) is 6.42 Å². The van der Waals surface area contributed by atoms with Gasteiger partial charge in [-0.15, -0.1) is 10.2 Å². The van der Waals surface area contributed by atoms with Gasteiger partial charge < -0.3 is 29.7 Å². The molecule has 0 spiro atoms. The number of hydrogen-bond acceptors (Lipinski definition) is 11. The van der Waals surface area contributed by atoms with Gasteiger partial charge in [0.25, 0.3) is 5.91 Å². The fourth-order valence-electron chi connectivity index (χ4n) is 7.48. The highest BCUT2D eigenvalue weighted by Crippen LogP contribution is 2.46. The molecule has 7 atom stereocenters. The summed E-state index contributed by atoms with van der Waals surface area (Å²) in [5.41, 5.74) is -2.34. The van der Waals surface area contributed by atoms with Crippen LogP contribution in [-0.2, 0) is 29.1 Å². The number of allylic oxidation sites excluding steroid dienone is 1. The van der Waals surface area contributed by atoms with Crippen molar-refractivity contribution in [3.63, 3.8) is 0 Å². The number of sulfonamides is 1. The van der Waals surface area contributed by atoms with Gasteiger partial charge >= 0.3 is 6.09 Å². The summed E-state index contributed by atoms with van der Waals surface area (Å²) in [4.78, 5) is 57.5. The highest BCUT2D eigenvalue weighted by molar-refractivity contribution is 7.91. The van der Waals surface area contributed by atoms with Crippen LogP contribution in [0, 0.1) is 17.8 Å². The zero-order valence-electron chi connectivity index (χ0n) is 31.8. The minimum atomic E-state index is -3.90. The van der Waals surface area contributed by atoms with Crippen molar-refractivity contribution in [1.29, 1.82) is 0 Å². The second-order valence-corrected chi connectivity index (χ2v) is 18.1. The largest absolute Gasteiger partial charge is 0.476 e. The standard InChI is InChI=1S/C38H52N6O9S.3H2/c1-7-51-32-27-14-10-11-15-28(27)33(42-41-32)52-25-19-29-31(45)40-38(35(47)43-54(49,50)26-16-17-26)20-24(38)13-9-8-12-22(2)18-23(3)30(34(46)44(29)21-25)39-36(48)53-37(4,5)6;;;/h9-11,13-15,22-26,29-30H,7-8,12,16-21H2,1-6H3,(H,39,48)(H,40,45)(H,43,47);3*1H/b13-9-;;;/t22-,23+,24+,25+,29-,30-,38+;;;/m0.../s1. The highest BCUT2D eigenvalue weighted by atomic mass is 32.2. The van der Waals surface area contributed by atoms with Crippen LogP contribution in [0.3, 0.4) is 0 Å². The molecule has 15 nitrogen and oxygen atoms in total. The molecule has 300 valence electrons. The molecule has 1 saturated heterocycles. The maximum Gasteiger partial charge on any atom is 0.408 e. The zero-order chi connectivity index (χ0) is 39.0. The molecule has 6 rings (SSSR count). The van der Waals surface area contributed by atoms with Crippen molar-refractivity contribution in [2.24, 2.45) is 17.8 Å². The summed E-state index contributed by atoms with van der Waals surface area (Å²) < 4.78 is 45.6. The molecule has 2 aromatic rings. The Morgan fingerprint density at radius 2 is 1.74 bits per heavy atom. The van der Waals surface area contributed by atoms with E-state index in [1.165, 1.54) is 4.90 Å². The summed E-state index contributed by atoms with van der Waals surface area (Å²) in [6.45, 7) is 11.3. The average molecular weight is 775 g/mol. The second kappa shape index (κ2) is 15.3. The number of alkyl carbamates (subject to hydrolysis) is 1. The predicted molar refractivity (Wildman–Crippen MR) is 205 cm³/mol. The summed E-state index contributed by atoms with van der Waals surface area (Å²) >= 11 is 0. The lowest BCUT2D eigenvalue weighted by molar-refractivity contribution is -0.142. The van der Waals surface area contributed by atoms with Gasteiger partial charge in [0.15, 0.2) is 0 Å². The van der Waals surface area contributed by atoms with Gasteiger partial charge in [0.05, 0.1) is 29.2 Å². The Bertz CT molecular complexity index is 1930. The number of fused-ring (bicyclic) bond motifs is 3. The zero-order valence-corrected chi connectivity index (χ0v) is 32.6. The maximum atomic E-state index is 14.7. The lowest BCUT2D eigenvalue weighted by Gasteiger charge is -2.33. The van der Waals surface area contributed by atoms with Crippen molar-refractivity contribution in [2.45, 2.75) is 121 Å². The first kappa shape index (κ1) is 39.2. The van der Waals surface area contributed by atoms with Crippen molar-refractivity contribution < 1.29 is 46.1 Å². The van der Waals surface area contributed by atoms with Crippen molar-refractivity contribution >= 4 is 44.6 Å². The number of hydrogen-bond donors (Lipinski definition) is 3. The molecule has 2 saturated carbocycles. The first-order valence-corrected chi connectivity index (χ1v) is 20.5. The monoisotopic (exact) mass is 774 g/mol. The molecule has 4 aliphatic rings. The van der Waals surface area contributed by atoms with E-state index in [1.54, 1.807) is 20.8 Å². The molecule has 16 heteroatoms. The summed E-state index contributed by atoms with van der Waals surface area (Å²) in [7, 11) is -3.90. The van der Waals surface area contributed by atoms with E-state index in [0.29, 0.717) is 48.9 Å². The lowest BCUT2D eigenvalue weighted by atomic mass is 9.88. The van der Waals surface area contributed by atoms with Gasteiger partial charge in [-0.3, -0.25) is 19.1 Å². The van der Waals surface area contributed by atoms with E-state index < -0.39 is 74.3 Å². The number of nitrogens with zero attached hydrogens (tertiary/aromatic N) is 3. The minimum Gasteiger partial charge on any atom is -0.476 e. The van der Waals surface area contributed by atoms with Crippen molar-refractivity contribution in [3.8, 4) is 11.8 Å². The van der Waals surface area contributed by atoms with Gasteiger partial charge in [-0.05, 0) is 90.2 Å². The van der Waals surface area contributed by atoms with Crippen LogP contribution in [-0.4, -0.2) is 95.1 Å². The Morgan fingerprint density at radius 1 is 1.06 bits per heavy atom. The fraction of sp³-hybridized carbons (Fsp3) is 0.632. The maximum absolute atomic E-state index is 14.7. The second-order valence-electron chi connectivity index (χ2n) is 16.2. The van der Waals surface area contributed by atoms with E-state index in [2.05, 4.69) is 32.5 Å². The molecule has 3 heterocycles. The normalized spacial score (nSPS) is 29.8. The van der Waals surface area contributed by atoms with Gasteiger partial charge in [0.2, 0.25) is 33.6 Å². The van der Waals surface area contributed by atoms with E-state index in [9.17, 15) is 27.6 Å². The molecule has 0 unspecified atom stereocenters. The molecule has 2 aliphatic carbocycles. The molecule has 1 aromatic heterocycles. The number of amides is 4. The first-order valence-electron chi connectivity index (χ1n) is 18.9. The Hall–Kier alpha value is -4.47. The fourth-order valence-corrected chi connectivity index (χ4v) is 8.84. The van der Waals surface area contributed by atoms with Crippen LogP contribution >= 0.6 is 0 Å². The van der Waals surface area contributed by atoms with E-state index in [4.69, 9.17) is 14.2 Å². The molecular weight excluding hydrogens is 717 g/mol. The average Bonchev–Trinajstić information content (AvgIpc) is 4.02. The molecule has 4 amide bonds. The van der Waals surface area contributed by atoms with Crippen LogP contribution in [0.1, 0.15) is 90.8 Å². The van der Waals surface area contributed by atoms with Gasteiger partial charge in [-0.2, -0.15) is 0 Å². The molecular formula is C38H58N6O9S. The minimum absolute atomic E-state index is 0. The van der Waals surface area contributed by atoms with Crippen LogP contribution in [0.2, 0.25) is 0 Å². The number of ether oxygens (including phenoxy) is 3. The molecule has 2 aliphatic heterocycles. The number of carbonyl (C=O) groups excluding carboxylic acids is 4. The number of rotatable bonds is 8. The lowest BCUT2D eigenvalue weighted by Crippen LogP contribution is -2.59. The third-order valence-corrected chi connectivity index (χ3v) is 12.3. The SMILES string of the molecule is CCOc1nnc(O[C@@H]2C[C@H]3C(=O)N[C@]4(C(=O)NS(=O)(=O)C5CC5)C[C@H]4/C=C\CC[C@H](C)C[C@@H](C)[C@H](NC(=O)OC(C)(C)C)C(=O)N3C2)c2ccccc12.[HH].[HH].[HH]. The highest BCUT2D eigenvalue weighted by Gasteiger charge is 2.62. The topological polar surface area (TPSA) is 195 Å². The smallest absolute Gasteiger partial charge is 0.408 e. The summed E-state index contributed by atoms with van der Waals surface area (Å²) in [6, 6.07) is 5.12. The van der Waals surface area contributed by atoms with Crippen molar-refractivity contribution in [3.05, 3.63) is 36.4 Å². The number of nitrogens with one attached hydrogen (secondary N) is 3. The third kappa shape index (κ3) is 8.74. The summed E-state index contributed by atoms with van der Waals surface area (Å²) in [5.74, 6) is -2.06. The predicted octanol–water partition coefficient (Wildman–Crippen LogP) is 4.50. The van der Waals surface area contributed by atoms with Gasteiger partial charge in [0, 0.05) is 16.6 Å². The Balaban J connectivity index is 0.00000290. The van der Waals surface area contributed by atoms with Crippen molar-refractivity contribution in [2.75, 3.05) is 13.2 Å². The van der Waals surface area contributed by atoms with Gasteiger partial charge in [0.1, 0.15) is 29.3 Å². The van der Waals surface area contributed by atoms with Crippen LogP contribution in [0.25, 0.3) is 10.8 Å². The summed E-state index contributed by atoms with van der Waals surface area (Å²) in [5, 5.41) is 14.9. The quantitative estimate of drug-likeness (QED) is 0.320. The number of aromatic nitrogens is 2. The Labute approximate surface area is 320 Å². The molecule has 54 heavy (non-hydrogen) atoms. The first-order chi connectivity index (χ1) is 25.5. The molecule has 3 fully saturated rings. The molecule has 0 bridgehead atoms. The Morgan fingerprint density at radius 3 is 2.41 bits per heavy atom. The van der Waals surface area contributed by atoms with Crippen molar-refractivity contribution in [1.82, 2.24) is 30.5 Å². The Kier molecular flexibility index (Phi) is 11.1. The van der Waals surface area contributed by atoms with Crippen LogP contribution in [0.4, 0.5) is 4.79 Å². The molecule has 1 aromatic carbocycles. The summed E-state index contributed by atoms with van der Waals surface area (Å²) in [6.07, 6.45) is 5.49.